The van der Waals surface area contributed by atoms with Crippen LogP contribution >= 0.6 is 0 Å². The number of rotatable bonds is 0. The van der Waals surface area contributed by atoms with E-state index in [2.05, 4.69) is 20.2 Å². The molecular formula is C9H7N5. The van der Waals surface area contributed by atoms with Gasteiger partial charge in [0, 0.05) is 7.05 Å². The lowest BCUT2D eigenvalue weighted by molar-refractivity contribution is 0.662. The molecule has 0 saturated heterocycles. The van der Waals surface area contributed by atoms with Gasteiger partial charge in [-0.05, 0) is 12.1 Å². The lowest BCUT2D eigenvalue weighted by atomic mass is 10.3. The zero-order chi connectivity index (χ0) is 9.54. The summed E-state index contributed by atoms with van der Waals surface area (Å²) in [6.07, 6.45) is 0. The Hall–Kier alpha value is -2.04. The van der Waals surface area contributed by atoms with Gasteiger partial charge >= 0.3 is 0 Å². The minimum absolute atomic E-state index is 0.589. The van der Waals surface area contributed by atoms with E-state index in [4.69, 9.17) is 0 Å². The number of fused-ring (bicyclic) bond motifs is 2. The first-order valence-electron chi connectivity index (χ1n) is 4.27. The molecule has 0 unspecified atom stereocenters. The zero-order valence-electron chi connectivity index (χ0n) is 7.55. The molecule has 0 aliphatic rings. The van der Waals surface area contributed by atoms with Crippen LogP contribution in [0, 0.1) is 0 Å². The summed E-state index contributed by atoms with van der Waals surface area (Å²) in [6.45, 7) is 0. The van der Waals surface area contributed by atoms with E-state index in [9.17, 15) is 0 Å². The monoisotopic (exact) mass is 185 g/mol. The van der Waals surface area contributed by atoms with Gasteiger partial charge in [-0.1, -0.05) is 12.1 Å². The summed E-state index contributed by atoms with van der Waals surface area (Å²) in [4.78, 5) is 10.2. The maximum atomic E-state index is 4.34. The van der Waals surface area contributed by atoms with Crippen molar-refractivity contribution in [1.82, 2.24) is 25.0 Å². The second kappa shape index (κ2) is 2.47. The Balaban J connectivity index is 2.51. The summed E-state index contributed by atoms with van der Waals surface area (Å²) < 4.78 is 0. The molecule has 0 N–H and O–H groups in total. The molecule has 0 atom stereocenters. The number of hydrogen-bond donors (Lipinski definition) is 0. The van der Waals surface area contributed by atoms with Crippen molar-refractivity contribution in [1.29, 1.82) is 0 Å². The van der Waals surface area contributed by atoms with Crippen LogP contribution < -0.4 is 0 Å². The number of nitrogens with zero attached hydrogens (tertiary/aromatic N) is 5. The van der Waals surface area contributed by atoms with Crippen LogP contribution in [-0.2, 0) is 7.05 Å². The van der Waals surface area contributed by atoms with E-state index in [0.29, 0.717) is 11.3 Å². The molecule has 0 aliphatic heterocycles. The van der Waals surface area contributed by atoms with E-state index in [-0.39, 0.29) is 0 Å². The van der Waals surface area contributed by atoms with Crippen LogP contribution in [0.15, 0.2) is 24.3 Å². The van der Waals surface area contributed by atoms with Gasteiger partial charge in [-0.15, -0.1) is 10.2 Å². The predicted octanol–water partition coefficient (Wildman–Crippen LogP) is 0.911. The second-order valence-electron chi connectivity index (χ2n) is 3.05. The average molecular weight is 185 g/mol. The average Bonchev–Trinajstić information content (AvgIpc) is 2.53. The smallest absolute Gasteiger partial charge is 0.221 e. The lowest BCUT2D eigenvalue weighted by Crippen LogP contribution is -1.90. The van der Waals surface area contributed by atoms with Gasteiger partial charge in [-0.3, -0.25) is 0 Å². The van der Waals surface area contributed by atoms with Crippen molar-refractivity contribution < 1.29 is 0 Å². The standard InChI is InChI=1S/C9H7N5/c1-14-12-8-9(13-14)11-7-5-3-2-4-6(7)10-8/h2-5H,1H3. The van der Waals surface area contributed by atoms with Crippen LogP contribution in [0.2, 0.25) is 0 Å². The highest BCUT2D eigenvalue weighted by atomic mass is 15.5. The number of aromatic nitrogens is 5. The second-order valence-corrected chi connectivity index (χ2v) is 3.05. The molecule has 5 heteroatoms. The molecule has 0 saturated carbocycles. The fraction of sp³-hybridized carbons (Fsp3) is 0.111. The Morgan fingerprint density at radius 1 is 0.929 bits per heavy atom. The Bertz CT molecular complexity index is 560. The quantitative estimate of drug-likeness (QED) is 0.522. The summed E-state index contributed by atoms with van der Waals surface area (Å²) in [7, 11) is 1.76. The molecule has 5 nitrogen and oxygen atoms in total. The predicted molar refractivity (Wildman–Crippen MR) is 51.6 cm³/mol. The highest BCUT2D eigenvalue weighted by molar-refractivity contribution is 5.81. The Kier molecular flexibility index (Phi) is 1.30. The maximum Gasteiger partial charge on any atom is 0.221 e. The molecule has 0 bridgehead atoms. The summed E-state index contributed by atoms with van der Waals surface area (Å²) in [5.41, 5.74) is 2.87. The van der Waals surface area contributed by atoms with Crippen LogP contribution in [-0.4, -0.2) is 25.0 Å². The third-order valence-electron chi connectivity index (χ3n) is 2.01. The molecule has 68 valence electrons. The van der Waals surface area contributed by atoms with Gasteiger partial charge in [-0.2, -0.15) is 4.80 Å². The van der Waals surface area contributed by atoms with Crippen molar-refractivity contribution in [2.45, 2.75) is 0 Å². The first-order valence-corrected chi connectivity index (χ1v) is 4.27. The molecule has 3 aromatic rings. The van der Waals surface area contributed by atoms with Crippen molar-refractivity contribution in [2.24, 2.45) is 7.05 Å². The van der Waals surface area contributed by atoms with E-state index < -0.39 is 0 Å². The minimum Gasteiger partial charge on any atom is -0.222 e. The van der Waals surface area contributed by atoms with Crippen LogP contribution in [0.4, 0.5) is 0 Å². The fourth-order valence-electron chi connectivity index (χ4n) is 1.41. The third kappa shape index (κ3) is 0.953. The topological polar surface area (TPSA) is 56.5 Å². The number of aryl methyl sites for hydroxylation is 1. The van der Waals surface area contributed by atoms with E-state index >= 15 is 0 Å². The molecule has 3 rings (SSSR count). The molecule has 0 spiro atoms. The molecule has 14 heavy (non-hydrogen) atoms. The van der Waals surface area contributed by atoms with Gasteiger partial charge in [0.15, 0.2) is 0 Å². The van der Waals surface area contributed by atoms with E-state index in [0.717, 1.165) is 11.0 Å². The summed E-state index contributed by atoms with van der Waals surface area (Å²) in [5, 5.41) is 8.19. The van der Waals surface area contributed by atoms with Gasteiger partial charge in [0.05, 0.1) is 11.0 Å². The third-order valence-corrected chi connectivity index (χ3v) is 2.01. The Morgan fingerprint density at radius 3 is 1.93 bits per heavy atom. The van der Waals surface area contributed by atoms with Gasteiger partial charge < -0.3 is 0 Å². The Morgan fingerprint density at radius 2 is 1.43 bits per heavy atom. The molecule has 0 aliphatic carbocycles. The van der Waals surface area contributed by atoms with Crippen LogP contribution in [0.5, 0.6) is 0 Å². The highest BCUT2D eigenvalue weighted by Gasteiger charge is 2.04. The number of benzene rings is 1. The number of para-hydroxylation sites is 2. The fourth-order valence-corrected chi connectivity index (χ4v) is 1.41. The van der Waals surface area contributed by atoms with Crippen molar-refractivity contribution in [3.63, 3.8) is 0 Å². The van der Waals surface area contributed by atoms with Crippen LogP contribution in [0.25, 0.3) is 22.3 Å². The van der Waals surface area contributed by atoms with Crippen molar-refractivity contribution in [3.05, 3.63) is 24.3 Å². The first kappa shape index (κ1) is 7.37. The van der Waals surface area contributed by atoms with Crippen LogP contribution in [0.3, 0.4) is 0 Å². The summed E-state index contributed by atoms with van der Waals surface area (Å²) in [5.74, 6) is 0. The molecule has 0 radical (unpaired) electrons. The first-order chi connectivity index (χ1) is 6.83. The molecule has 1 aromatic carbocycles. The molecule has 0 amide bonds. The number of hydrogen-bond acceptors (Lipinski definition) is 4. The van der Waals surface area contributed by atoms with Crippen LogP contribution in [0.1, 0.15) is 0 Å². The largest absolute Gasteiger partial charge is 0.222 e. The molecule has 0 fully saturated rings. The molecule has 2 heterocycles. The normalized spacial score (nSPS) is 11.2. The summed E-state index contributed by atoms with van der Waals surface area (Å²) >= 11 is 0. The highest BCUT2D eigenvalue weighted by Crippen LogP contribution is 2.11. The molecule has 2 aromatic heterocycles. The van der Waals surface area contributed by atoms with E-state index in [1.165, 1.54) is 4.80 Å². The van der Waals surface area contributed by atoms with Crippen molar-refractivity contribution in [2.75, 3.05) is 0 Å². The van der Waals surface area contributed by atoms with E-state index in [1.807, 2.05) is 24.3 Å². The SMILES string of the molecule is Cn1nc2nc3ccccc3nc2n1. The lowest BCUT2D eigenvalue weighted by Gasteiger charge is -1.92. The van der Waals surface area contributed by atoms with Gasteiger partial charge in [0.2, 0.25) is 11.3 Å². The molecular weight excluding hydrogens is 178 g/mol. The zero-order valence-corrected chi connectivity index (χ0v) is 7.55. The summed E-state index contributed by atoms with van der Waals surface area (Å²) in [6, 6.07) is 7.69. The van der Waals surface area contributed by atoms with Crippen molar-refractivity contribution in [3.8, 4) is 0 Å². The van der Waals surface area contributed by atoms with E-state index in [1.54, 1.807) is 7.05 Å². The maximum absolute atomic E-state index is 4.34. The van der Waals surface area contributed by atoms with Gasteiger partial charge in [0.25, 0.3) is 0 Å². The Labute approximate surface area is 79.4 Å². The minimum atomic E-state index is 0.589. The van der Waals surface area contributed by atoms with Gasteiger partial charge in [0.1, 0.15) is 0 Å². The van der Waals surface area contributed by atoms with Crippen molar-refractivity contribution >= 4 is 22.3 Å². The van der Waals surface area contributed by atoms with Gasteiger partial charge in [-0.25, -0.2) is 9.97 Å².